The van der Waals surface area contributed by atoms with Crippen molar-refractivity contribution < 1.29 is 5.11 Å². The maximum Gasteiger partial charge on any atom is 0.119 e. The van der Waals surface area contributed by atoms with Gasteiger partial charge in [0.15, 0.2) is 0 Å². The molecule has 0 saturated carbocycles. The zero-order valence-electron chi connectivity index (χ0n) is 31.8. The summed E-state index contributed by atoms with van der Waals surface area (Å²) in [6, 6.07) is 41.2. The van der Waals surface area contributed by atoms with Gasteiger partial charge in [-0.15, -0.1) is 0 Å². The highest BCUT2D eigenvalue weighted by molar-refractivity contribution is 5.84. The molecule has 5 aromatic rings. The van der Waals surface area contributed by atoms with Gasteiger partial charge >= 0.3 is 0 Å². The van der Waals surface area contributed by atoms with Crippen molar-refractivity contribution in [1.82, 2.24) is 0 Å². The van der Waals surface area contributed by atoms with Crippen LogP contribution in [0, 0.1) is 0 Å². The zero-order chi connectivity index (χ0) is 35.9. The summed E-state index contributed by atoms with van der Waals surface area (Å²) in [7, 11) is 0. The molecule has 3 nitrogen and oxygen atoms in total. The summed E-state index contributed by atoms with van der Waals surface area (Å²) < 4.78 is 0. The molecular weight excluding hydrogens is 597 g/mol. The lowest BCUT2D eigenvalue weighted by Crippen LogP contribution is -2.16. The molecule has 0 radical (unpaired) electrons. The minimum atomic E-state index is 0.0431. The van der Waals surface area contributed by atoms with Crippen LogP contribution in [-0.4, -0.2) is 5.11 Å². The molecule has 0 saturated heterocycles. The van der Waals surface area contributed by atoms with Crippen molar-refractivity contribution in [3.05, 3.63) is 138 Å². The lowest BCUT2D eigenvalue weighted by Gasteiger charge is -2.31. The molecule has 0 amide bonds. The van der Waals surface area contributed by atoms with Crippen molar-refractivity contribution in [3.63, 3.8) is 0 Å². The van der Waals surface area contributed by atoms with Gasteiger partial charge in [-0.1, -0.05) is 132 Å². The lowest BCUT2D eigenvalue weighted by atomic mass is 9.86. The number of aromatic hydroxyl groups is 1. The molecule has 0 heterocycles. The third-order valence-corrected chi connectivity index (χ3v) is 9.37. The van der Waals surface area contributed by atoms with E-state index < -0.39 is 0 Å². The smallest absolute Gasteiger partial charge is 0.119 e. The van der Waals surface area contributed by atoms with Crippen LogP contribution < -0.4 is 9.80 Å². The second kappa shape index (κ2) is 13.1. The van der Waals surface area contributed by atoms with Crippen LogP contribution in [0.4, 0.5) is 34.1 Å². The fourth-order valence-corrected chi connectivity index (χ4v) is 6.17. The first kappa shape index (κ1) is 35.8. The van der Waals surface area contributed by atoms with E-state index in [9.17, 15) is 5.11 Å². The SMILES string of the molecule is CC(C)(C)c1ccc(N(c2ccc(C(C)(C)C)cc2)c2cc(O)cc(N(c3ccc(C(C)(C)C)cc3)c3ccc(C(C)(C)C)cc3)c2)cc1. The van der Waals surface area contributed by atoms with Crippen molar-refractivity contribution in [3.8, 4) is 5.75 Å². The van der Waals surface area contributed by atoms with Crippen LogP contribution in [0.1, 0.15) is 105 Å². The van der Waals surface area contributed by atoms with Gasteiger partial charge in [-0.2, -0.15) is 0 Å². The molecule has 49 heavy (non-hydrogen) atoms. The predicted molar refractivity (Wildman–Crippen MR) is 212 cm³/mol. The zero-order valence-corrected chi connectivity index (χ0v) is 31.8. The largest absolute Gasteiger partial charge is 0.508 e. The Hall–Kier alpha value is -4.50. The molecule has 256 valence electrons. The van der Waals surface area contributed by atoms with Gasteiger partial charge in [0.2, 0.25) is 0 Å². The highest BCUT2D eigenvalue weighted by Gasteiger charge is 2.23. The summed E-state index contributed by atoms with van der Waals surface area (Å²) >= 11 is 0. The molecular formula is C46H56N2O. The normalized spacial score (nSPS) is 12.6. The first-order valence-corrected chi connectivity index (χ1v) is 17.6. The number of nitrogens with zero attached hydrogens (tertiary/aromatic N) is 2. The van der Waals surface area contributed by atoms with Gasteiger partial charge in [0.1, 0.15) is 5.75 Å². The highest BCUT2D eigenvalue weighted by atomic mass is 16.3. The summed E-state index contributed by atoms with van der Waals surface area (Å²) in [5.74, 6) is 0.206. The molecule has 3 heteroatoms. The van der Waals surface area contributed by atoms with Crippen LogP contribution in [0.15, 0.2) is 115 Å². The Labute approximate surface area is 296 Å². The molecule has 0 aliphatic heterocycles. The van der Waals surface area contributed by atoms with Crippen LogP contribution in [0.5, 0.6) is 5.75 Å². The van der Waals surface area contributed by atoms with Gasteiger partial charge in [-0.25, -0.2) is 0 Å². The molecule has 0 bridgehead atoms. The number of phenolic OH excluding ortho intramolecular Hbond substituents is 1. The van der Waals surface area contributed by atoms with Gasteiger partial charge in [-0.3, -0.25) is 0 Å². The van der Waals surface area contributed by atoms with Crippen molar-refractivity contribution >= 4 is 34.1 Å². The van der Waals surface area contributed by atoms with E-state index in [1.54, 1.807) is 0 Å². The number of phenols is 1. The maximum atomic E-state index is 11.4. The topological polar surface area (TPSA) is 26.7 Å². The number of benzene rings is 5. The first-order chi connectivity index (χ1) is 22.7. The Balaban J connectivity index is 1.70. The van der Waals surface area contributed by atoms with Crippen molar-refractivity contribution in [1.29, 1.82) is 0 Å². The lowest BCUT2D eigenvalue weighted by molar-refractivity contribution is 0.475. The maximum absolute atomic E-state index is 11.4. The van der Waals surface area contributed by atoms with Crippen molar-refractivity contribution in [2.24, 2.45) is 0 Å². The van der Waals surface area contributed by atoms with Gasteiger partial charge < -0.3 is 14.9 Å². The van der Waals surface area contributed by atoms with E-state index in [0.29, 0.717) is 0 Å². The quantitative estimate of drug-likeness (QED) is 0.198. The van der Waals surface area contributed by atoms with Crippen LogP contribution in [0.3, 0.4) is 0 Å². The number of rotatable bonds is 6. The second-order valence-electron chi connectivity index (χ2n) is 17.6. The average molecular weight is 653 g/mol. The van der Waals surface area contributed by atoms with Crippen molar-refractivity contribution in [2.75, 3.05) is 9.80 Å². The van der Waals surface area contributed by atoms with E-state index in [1.165, 1.54) is 22.3 Å². The monoisotopic (exact) mass is 652 g/mol. The van der Waals surface area contributed by atoms with E-state index in [0.717, 1.165) is 34.1 Å². The van der Waals surface area contributed by atoms with Crippen molar-refractivity contribution in [2.45, 2.75) is 105 Å². The van der Waals surface area contributed by atoms with Gasteiger partial charge in [0.25, 0.3) is 0 Å². The number of anilines is 6. The number of hydrogen-bond acceptors (Lipinski definition) is 3. The molecule has 5 aromatic carbocycles. The summed E-state index contributed by atoms with van der Waals surface area (Å²) in [5.41, 5.74) is 11.2. The van der Waals surface area contributed by atoms with E-state index in [-0.39, 0.29) is 27.4 Å². The molecule has 0 aromatic heterocycles. The summed E-state index contributed by atoms with van der Waals surface area (Å²) in [5, 5.41) is 11.4. The average Bonchev–Trinajstić information content (AvgIpc) is 3.00. The fourth-order valence-electron chi connectivity index (χ4n) is 6.17. The van der Waals surface area contributed by atoms with E-state index in [2.05, 4.69) is 196 Å². The van der Waals surface area contributed by atoms with Gasteiger partial charge in [-0.05, 0) is 98.5 Å². The third-order valence-electron chi connectivity index (χ3n) is 9.37. The Morgan fingerprint density at radius 3 is 0.694 bits per heavy atom. The van der Waals surface area contributed by atoms with E-state index in [1.807, 2.05) is 12.1 Å². The van der Waals surface area contributed by atoms with Gasteiger partial charge in [0, 0.05) is 34.9 Å². The van der Waals surface area contributed by atoms with Crippen LogP contribution in [0.2, 0.25) is 0 Å². The summed E-state index contributed by atoms with van der Waals surface area (Å²) in [4.78, 5) is 4.48. The Morgan fingerprint density at radius 1 is 0.306 bits per heavy atom. The standard InChI is InChI=1S/C46H56N2O/c1-43(2,3)32-13-21-36(22-14-32)47(37-23-15-33(16-24-37)44(4,5)6)40-29-41(31-42(49)30-40)48(38-25-17-34(18-26-38)45(7,8)9)39-27-19-35(20-28-39)46(10,11)12/h13-31,49H,1-12H3. The molecule has 0 spiro atoms. The van der Waals surface area contributed by atoms with Crippen LogP contribution in [-0.2, 0) is 21.7 Å². The minimum Gasteiger partial charge on any atom is -0.508 e. The third kappa shape index (κ3) is 8.21. The molecule has 0 atom stereocenters. The Morgan fingerprint density at radius 2 is 0.510 bits per heavy atom. The number of hydrogen-bond donors (Lipinski definition) is 1. The fraction of sp³-hybridized carbons (Fsp3) is 0.348. The molecule has 1 N–H and O–H groups in total. The predicted octanol–water partition coefficient (Wildman–Crippen LogP) is 13.5. The Bertz CT molecular complexity index is 1600. The summed E-state index contributed by atoms with van der Waals surface area (Å²) in [6.45, 7) is 26.9. The Kier molecular flexibility index (Phi) is 9.56. The molecule has 0 fully saturated rings. The molecule has 0 unspecified atom stereocenters. The molecule has 0 aliphatic rings. The minimum absolute atomic E-state index is 0.0431. The van der Waals surface area contributed by atoms with E-state index in [4.69, 9.17) is 0 Å². The first-order valence-electron chi connectivity index (χ1n) is 17.6. The van der Waals surface area contributed by atoms with Gasteiger partial charge in [0.05, 0.1) is 11.4 Å². The summed E-state index contributed by atoms with van der Waals surface area (Å²) in [6.07, 6.45) is 0. The van der Waals surface area contributed by atoms with E-state index >= 15 is 0 Å². The second-order valence-corrected chi connectivity index (χ2v) is 17.6. The van der Waals surface area contributed by atoms with Crippen LogP contribution >= 0.6 is 0 Å². The molecule has 5 rings (SSSR count). The molecule has 0 aliphatic carbocycles. The highest BCUT2D eigenvalue weighted by Crippen LogP contribution is 2.44. The van der Waals surface area contributed by atoms with Crippen LogP contribution in [0.25, 0.3) is 0 Å².